The first-order chi connectivity index (χ1) is 7.25. The van der Waals surface area contributed by atoms with Gasteiger partial charge >= 0.3 is 0 Å². The largest absolute Gasteiger partial charge is 0.398 e. The van der Waals surface area contributed by atoms with E-state index in [2.05, 4.69) is 5.16 Å². The van der Waals surface area contributed by atoms with Crippen LogP contribution in [0.25, 0.3) is 0 Å². The summed E-state index contributed by atoms with van der Waals surface area (Å²) in [6.07, 6.45) is 0.584. The number of benzene rings is 1. The quantitative estimate of drug-likeness (QED) is 0.332. The molecule has 0 unspecified atom stereocenters. The molecule has 0 aromatic heterocycles. The zero-order valence-electron chi connectivity index (χ0n) is 8.81. The second-order valence-electron chi connectivity index (χ2n) is 3.17. The summed E-state index contributed by atoms with van der Waals surface area (Å²) in [6.45, 7) is 2.37. The van der Waals surface area contributed by atoms with Crippen LogP contribution in [0, 0.1) is 0 Å². The Hall–Kier alpha value is -1.55. The first-order valence-corrected chi connectivity index (χ1v) is 4.88. The number of nitrogens with two attached hydrogens (primary N) is 1. The molecule has 15 heavy (non-hydrogen) atoms. The van der Waals surface area contributed by atoms with Crippen molar-refractivity contribution in [1.29, 1.82) is 0 Å². The van der Waals surface area contributed by atoms with Gasteiger partial charge in [0.1, 0.15) is 6.61 Å². The van der Waals surface area contributed by atoms with Crippen LogP contribution in [0.5, 0.6) is 0 Å². The van der Waals surface area contributed by atoms with Crippen LogP contribution in [-0.4, -0.2) is 24.0 Å². The molecule has 0 bridgehead atoms. The molecule has 0 atom stereocenters. The highest BCUT2D eigenvalue weighted by Crippen LogP contribution is 2.11. The molecular weight excluding hydrogens is 192 g/mol. The van der Waals surface area contributed by atoms with Gasteiger partial charge in [-0.25, -0.2) is 0 Å². The number of nitrogen functional groups attached to an aromatic ring is 1. The van der Waals surface area contributed by atoms with Crippen LogP contribution in [0.2, 0.25) is 0 Å². The van der Waals surface area contributed by atoms with Gasteiger partial charge in [0.05, 0.1) is 5.71 Å². The third-order valence-electron chi connectivity index (χ3n) is 1.95. The molecule has 4 nitrogen and oxygen atoms in total. The van der Waals surface area contributed by atoms with Crippen molar-refractivity contribution in [3.63, 3.8) is 0 Å². The van der Waals surface area contributed by atoms with Crippen LogP contribution in [0.1, 0.15) is 18.9 Å². The average Bonchev–Trinajstić information content (AvgIpc) is 2.25. The first-order valence-electron chi connectivity index (χ1n) is 4.88. The Morgan fingerprint density at radius 1 is 1.47 bits per heavy atom. The maximum absolute atomic E-state index is 8.54. The summed E-state index contributed by atoms with van der Waals surface area (Å²) in [5, 5.41) is 12.5. The van der Waals surface area contributed by atoms with Gasteiger partial charge in [-0.05, 0) is 13.0 Å². The van der Waals surface area contributed by atoms with Crippen molar-refractivity contribution in [3.05, 3.63) is 29.8 Å². The molecule has 0 amide bonds. The van der Waals surface area contributed by atoms with Gasteiger partial charge < -0.3 is 15.7 Å². The number of aliphatic hydroxyl groups excluding tert-OH is 1. The Morgan fingerprint density at radius 2 is 2.20 bits per heavy atom. The summed E-state index contributed by atoms with van der Waals surface area (Å²) in [7, 11) is 0. The molecule has 0 aliphatic rings. The standard InChI is InChI=1S/C11H16N2O2/c1-9(13-15-8-4-7-14)10-5-2-3-6-11(10)12/h2-3,5-6,14H,4,7-8,12H2,1H3/b13-9+. The Kier molecular flexibility index (Phi) is 4.63. The lowest BCUT2D eigenvalue weighted by Gasteiger charge is -2.04. The molecule has 0 radical (unpaired) electrons. The molecule has 0 saturated carbocycles. The van der Waals surface area contributed by atoms with Gasteiger partial charge in [0.15, 0.2) is 0 Å². The number of rotatable bonds is 5. The third-order valence-corrected chi connectivity index (χ3v) is 1.95. The lowest BCUT2D eigenvalue weighted by molar-refractivity contribution is 0.124. The fraction of sp³-hybridized carbons (Fsp3) is 0.364. The van der Waals surface area contributed by atoms with E-state index in [0.717, 1.165) is 11.3 Å². The number of anilines is 1. The van der Waals surface area contributed by atoms with Crippen LogP contribution in [0.4, 0.5) is 5.69 Å². The first kappa shape index (κ1) is 11.5. The molecule has 0 saturated heterocycles. The van der Waals surface area contributed by atoms with Crippen LogP contribution < -0.4 is 5.73 Å². The van der Waals surface area contributed by atoms with Gasteiger partial charge in [-0.2, -0.15) is 0 Å². The number of para-hydroxylation sites is 1. The summed E-state index contributed by atoms with van der Waals surface area (Å²) >= 11 is 0. The maximum atomic E-state index is 8.54. The zero-order valence-corrected chi connectivity index (χ0v) is 8.81. The number of aliphatic hydroxyl groups is 1. The molecular formula is C11H16N2O2. The molecule has 1 aromatic rings. The van der Waals surface area contributed by atoms with Gasteiger partial charge in [0, 0.05) is 24.3 Å². The predicted molar refractivity (Wildman–Crippen MR) is 60.7 cm³/mol. The Balaban J connectivity index is 2.60. The fourth-order valence-corrected chi connectivity index (χ4v) is 1.15. The minimum atomic E-state index is 0.113. The van der Waals surface area contributed by atoms with E-state index in [1.165, 1.54) is 0 Å². The second kappa shape index (κ2) is 6.03. The lowest BCUT2D eigenvalue weighted by Crippen LogP contribution is -2.02. The van der Waals surface area contributed by atoms with Crippen molar-refractivity contribution in [2.45, 2.75) is 13.3 Å². The minimum absolute atomic E-state index is 0.113. The van der Waals surface area contributed by atoms with E-state index in [1.807, 2.05) is 31.2 Å². The van der Waals surface area contributed by atoms with Crippen molar-refractivity contribution in [2.75, 3.05) is 18.9 Å². The van der Waals surface area contributed by atoms with Gasteiger partial charge in [0.25, 0.3) is 0 Å². The van der Waals surface area contributed by atoms with Crippen LogP contribution in [-0.2, 0) is 4.84 Å². The predicted octanol–water partition coefficient (Wildman–Crippen LogP) is 1.39. The number of hydrogen-bond acceptors (Lipinski definition) is 4. The summed E-state index contributed by atoms with van der Waals surface area (Å²) in [5.74, 6) is 0. The number of oxime groups is 1. The van der Waals surface area contributed by atoms with Crippen molar-refractivity contribution < 1.29 is 9.94 Å². The van der Waals surface area contributed by atoms with Crippen molar-refractivity contribution in [1.82, 2.24) is 0 Å². The summed E-state index contributed by atoms with van der Waals surface area (Å²) in [6, 6.07) is 7.49. The fourth-order valence-electron chi connectivity index (χ4n) is 1.15. The normalized spacial score (nSPS) is 11.5. The third kappa shape index (κ3) is 3.59. The lowest BCUT2D eigenvalue weighted by atomic mass is 10.1. The molecule has 0 spiro atoms. The van der Waals surface area contributed by atoms with Crippen LogP contribution in [0.3, 0.4) is 0 Å². The second-order valence-corrected chi connectivity index (χ2v) is 3.17. The number of hydrogen-bond donors (Lipinski definition) is 2. The summed E-state index contributed by atoms with van der Waals surface area (Å²) in [5.41, 5.74) is 8.08. The SMILES string of the molecule is C/C(=N\OCCCO)c1ccccc1N. The molecule has 1 aromatic carbocycles. The van der Waals surface area contributed by atoms with Crippen molar-refractivity contribution >= 4 is 11.4 Å². The Morgan fingerprint density at radius 3 is 2.87 bits per heavy atom. The highest BCUT2D eigenvalue weighted by Gasteiger charge is 2.01. The van der Waals surface area contributed by atoms with Gasteiger partial charge in [-0.3, -0.25) is 0 Å². The molecule has 3 N–H and O–H groups in total. The minimum Gasteiger partial charge on any atom is -0.398 e. The smallest absolute Gasteiger partial charge is 0.119 e. The van der Waals surface area contributed by atoms with Crippen molar-refractivity contribution in [2.24, 2.45) is 5.16 Å². The van der Waals surface area contributed by atoms with E-state index in [4.69, 9.17) is 15.7 Å². The molecule has 0 fully saturated rings. The van der Waals surface area contributed by atoms with Gasteiger partial charge in [0.2, 0.25) is 0 Å². The van der Waals surface area contributed by atoms with E-state index in [1.54, 1.807) is 0 Å². The molecule has 82 valence electrons. The van der Waals surface area contributed by atoms with E-state index in [9.17, 15) is 0 Å². The Labute approximate surface area is 89.4 Å². The summed E-state index contributed by atoms with van der Waals surface area (Å²) < 4.78 is 0. The van der Waals surface area contributed by atoms with Crippen molar-refractivity contribution in [3.8, 4) is 0 Å². The van der Waals surface area contributed by atoms with E-state index >= 15 is 0 Å². The molecule has 4 heteroatoms. The van der Waals surface area contributed by atoms with Crippen LogP contribution >= 0.6 is 0 Å². The Bertz CT molecular complexity index is 337. The van der Waals surface area contributed by atoms with Crippen LogP contribution in [0.15, 0.2) is 29.4 Å². The zero-order chi connectivity index (χ0) is 11.1. The van der Waals surface area contributed by atoms with E-state index < -0.39 is 0 Å². The van der Waals surface area contributed by atoms with Gasteiger partial charge in [-0.1, -0.05) is 23.4 Å². The maximum Gasteiger partial charge on any atom is 0.119 e. The molecule has 1 rings (SSSR count). The summed E-state index contributed by atoms with van der Waals surface area (Å²) in [4.78, 5) is 5.02. The topological polar surface area (TPSA) is 67.8 Å². The van der Waals surface area contributed by atoms with Gasteiger partial charge in [-0.15, -0.1) is 0 Å². The molecule has 0 heterocycles. The highest BCUT2D eigenvalue weighted by molar-refractivity contribution is 6.02. The molecule has 0 aliphatic carbocycles. The van der Waals surface area contributed by atoms with E-state index in [-0.39, 0.29) is 6.61 Å². The monoisotopic (exact) mass is 208 g/mol. The molecule has 0 aliphatic heterocycles. The number of nitrogens with zero attached hydrogens (tertiary/aromatic N) is 1. The van der Waals surface area contributed by atoms with E-state index in [0.29, 0.717) is 18.7 Å². The highest BCUT2D eigenvalue weighted by atomic mass is 16.6. The average molecular weight is 208 g/mol.